The molecule has 0 aromatic carbocycles. The van der Waals surface area contributed by atoms with Crippen LogP contribution in [0, 0.1) is 5.92 Å². The molecule has 1 nitrogen and oxygen atoms in total. The van der Waals surface area contributed by atoms with Gasteiger partial charge in [0.25, 0.3) is 0 Å². The van der Waals surface area contributed by atoms with Crippen LogP contribution in [-0.4, -0.2) is 11.7 Å². The first-order valence-corrected chi connectivity index (χ1v) is 3.44. The van der Waals surface area contributed by atoms with E-state index in [-0.39, 0.29) is 0 Å². The molecule has 0 saturated carbocycles. The fraction of sp³-hybridized carbons (Fsp3) is 0.714. The summed E-state index contributed by atoms with van der Waals surface area (Å²) in [6.07, 6.45) is 1.77. The fourth-order valence-electron chi connectivity index (χ4n) is 0. The van der Waals surface area contributed by atoms with E-state index in [2.05, 4.69) is 0 Å². The number of aliphatic hydroxyl groups is 1. The Balaban J connectivity index is 0. The summed E-state index contributed by atoms with van der Waals surface area (Å²) in [6, 6.07) is 0. The number of hydrogen-bond acceptors (Lipinski definition) is 1. The summed E-state index contributed by atoms with van der Waals surface area (Å²) in [7, 11) is 0. The molecule has 0 rings (SSSR count). The van der Waals surface area contributed by atoms with Gasteiger partial charge in [-0.3, -0.25) is 0 Å². The van der Waals surface area contributed by atoms with Crippen molar-refractivity contribution in [3.63, 3.8) is 0 Å². The highest BCUT2D eigenvalue weighted by Gasteiger charge is 1.81. The van der Waals surface area contributed by atoms with Crippen LogP contribution in [0.3, 0.4) is 0 Å². The van der Waals surface area contributed by atoms with Crippen molar-refractivity contribution in [1.29, 1.82) is 0 Å². The lowest BCUT2D eigenvalue weighted by atomic mass is 10.2. The highest BCUT2D eigenvalue weighted by Crippen LogP contribution is 1.83. The third-order valence-corrected chi connectivity index (χ3v) is 0.743. The Bertz CT molecular complexity index is 55.9. The fourth-order valence-corrected chi connectivity index (χ4v) is 0. The van der Waals surface area contributed by atoms with Crippen molar-refractivity contribution in [1.82, 2.24) is 0 Å². The monoisotopic (exact) mass is 150 g/mol. The molecule has 0 radical (unpaired) electrons. The Kier molecular flexibility index (Phi) is 14.2. The number of rotatable bonds is 1. The molecule has 56 valence electrons. The molecule has 9 heavy (non-hydrogen) atoms. The lowest BCUT2D eigenvalue weighted by molar-refractivity contribution is 0.248. The van der Waals surface area contributed by atoms with Gasteiger partial charge in [0.05, 0.1) is 0 Å². The quantitative estimate of drug-likeness (QED) is 0.609. The van der Waals surface area contributed by atoms with Crippen LogP contribution in [0.1, 0.15) is 20.8 Å². The van der Waals surface area contributed by atoms with E-state index in [0.717, 1.165) is 0 Å². The minimum atomic E-state index is 0.306. The van der Waals surface area contributed by atoms with Gasteiger partial charge in [-0.2, -0.15) is 0 Å². The van der Waals surface area contributed by atoms with E-state index in [4.69, 9.17) is 16.7 Å². The molecule has 0 aromatic heterocycles. The van der Waals surface area contributed by atoms with Crippen molar-refractivity contribution in [2.45, 2.75) is 20.8 Å². The van der Waals surface area contributed by atoms with E-state index in [9.17, 15) is 0 Å². The van der Waals surface area contributed by atoms with E-state index in [1.165, 1.54) is 5.54 Å². The number of hydrogen-bond donors (Lipinski definition) is 1. The Labute approximate surface area is 62.3 Å². The second kappa shape index (κ2) is 10.9. The van der Waals surface area contributed by atoms with Crippen molar-refractivity contribution in [2.75, 3.05) is 6.61 Å². The summed E-state index contributed by atoms with van der Waals surface area (Å²) < 4.78 is 0. The minimum Gasteiger partial charge on any atom is -0.396 e. The standard InChI is InChI=1S/C4H10O.C3H5Cl/c1-4(2)3-5;1-2-3-4/h4-5H,3H2,1-2H3;2-3H,1H3. The average molecular weight is 151 g/mol. The minimum absolute atomic E-state index is 0.306. The van der Waals surface area contributed by atoms with Gasteiger partial charge in [0.15, 0.2) is 0 Å². The van der Waals surface area contributed by atoms with Crippen molar-refractivity contribution in [3.8, 4) is 0 Å². The third-order valence-electron chi connectivity index (χ3n) is 0.491. The zero-order valence-electron chi connectivity index (χ0n) is 6.26. The molecule has 0 aliphatic carbocycles. The van der Waals surface area contributed by atoms with Gasteiger partial charge in [-0.25, -0.2) is 0 Å². The Hall–Kier alpha value is -0.0100. The molecule has 0 unspecified atom stereocenters. The molecule has 0 heterocycles. The Morgan fingerprint density at radius 1 is 1.56 bits per heavy atom. The molecule has 0 aromatic rings. The smallest absolute Gasteiger partial charge is 0.0453 e. The lowest BCUT2D eigenvalue weighted by Crippen LogP contribution is -1.90. The van der Waals surface area contributed by atoms with E-state index in [1.807, 2.05) is 20.8 Å². The SMILES string of the molecule is CC(C)CO.CC=CCl. The predicted octanol–water partition coefficient (Wildman–Crippen LogP) is 2.39. The molecular weight excluding hydrogens is 136 g/mol. The molecule has 0 atom stereocenters. The molecule has 0 amide bonds. The van der Waals surface area contributed by atoms with Crippen molar-refractivity contribution >= 4 is 11.6 Å². The largest absolute Gasteiger partial charge is 0.396 e. The van der Waals surface area contributed by atoms with Crippen LogP contribution in [-0.2, 0) is 0 Å². The molecule has 2 heteroatoms. The first kappa shape index (κ1) is 11.7. The van der Waals surface area contributed by atoms with E-state index in [0.29, 0.717) is 12.5 Å². The molecule has 0 spiro atoms. The highest BCUT2D eigenvalue weighted by atomic mass is 35.5. The summed E-state index contributed by atoms with van der Waals surface area (Å²) in [5.74, 6) is 0.440. The molecule has 0 aliphatic heterocycles. The third kappa shape index (κ3) is 32.1. The number of allylic oxidation sites excluding steroid dienone is 1. The van der Waals surface area contributed by atoms with Crippen molar-refractivity contribution in [3.05, 3.63) is 11.6 Å². The lowest BCUT2D eigenvalue weighted by Gasteiger charge is -1.90. The van der Waals surface area contributed by atoms with E-state index in [1.54, 1.807) is 6.08 Å². The summed E-state index contributed by atoms with van der Waals surface area (Å²) in [5.41, 5.74) is 1.47. The van der Waals surface area contributed by atoms with Gasteiger partial charge in [-0.1, -0.05) is 31.5 Å². The van der Waals surface area contributed by atoms with Crippen LogP contribution >= 0.6 is 11.6 Å². The second-order valence-electron chi connectivity index (χ2n) is 2.04. The second-order valence-corrected chi connectivity index (χ2v) is 2.29. The maximum Gasteiger partial charge on any atom is 0.0453 e. The van der Waals surface area contributed by atoms with Crippen LogP contribution in [0.4, 0.5) is 0 Å². The van der Waals surface area contributed by atoms with Crippen molar-refractivity contribution < 1.29 is 5.11 Å². The van der Waals surface area contributed by atoms with Crippen LogP contribution in [0.25, 0.3) is 0 Å². The Morgan fingerprint density at radius 2 is 1.78 bits per heavy atom. The van der Waals surface area contributed by atoms with Gasteiger partial charge in [-0.15, -0.1) is 0 Å². The number of halogens is 1. The molecule has 0 fully saturated rings. The molecular formula is C7H15ClO. The van der Waals surface area contributed by atoms with Crippen LogP contribution in [0.2, 0.25) is 0 Å². The zero-order valence-corrected chi connectivity index (χ0v) is 7.02. The van der Waals surface area contributed by atoms with Crippen LogP contribution in [0.5, 0.6) is 0 Å². The van der Waals surface area contributed by atoms with Gasteiger partial charge in [-0.05, 0) is 18.4 Å². The summed E-state index contributed by atoms with van der Waals surface area (Å²) in [5, 5.41) is 8.14. The Morgan fingerprint density at radius 3 is 1.78 bits per heavy atom. The molecule has 0 saturated heterocycles. The first-order valence-electron chi connectivity index (χ1n) is 3.01. The molecule has 0 aliphatic rings. The van der Waals surface area contributed by atoms with Crippen LogP contribution < -0.4 is 0 Å². The van der Waals surface area contributed by atoms with Gasteiger partial charge < -0.3 is 5.11 Å². The summed E-state index contributed by atoms with van der Waals surface area (Å²) in [6.45, 7) is 6.12. The highest BCUT2D eigenvalue weighted by molar-refractivity contribution is 6.25. The topological polar surface area (TPSA) is 20.2 Å². The van der Waals surface area contributed by atoms with Gasteiger partial charge in [0, 0.05) is 6.61 Å². The molecule has 0 bridgehead atoms. The van der Waals surface area contributed by atoms with Crippen LogP contribution in [0.15, 0.2) is 11.6 Å². The van der Waals surface area contributed by atoms with Gasteiger partial charge in [0.1, 0.15) is 0 Å². The van der Waals surface area contributed by atoms with E-state index >= 15 is 0 Å². The summed E-state index contributed by atoms with van der Waals surface area (Å²) >= 11 is 5.01. The predicted molar refractivity (Wildman–Crippen MR) is 42.6 cm³/mol. The maximum atomic E-state index is 8.14. The van der Waals surface area contributed by atoms with Gasteiger partial charge >= 0.3 is 0 Å². The van der Waals surface area contributed by atoms with Crippen molar-refractivity contribution in [2.24, 2.45) is 5.92 Å². The van der Waals surface area contributed by atoms with Gasteiger partial charge in [0.2, 0.25) is 0 Å². The molecule has 1 N–H and O–H groups in total. The summed E-state index contributed by atoms with van der Waals surface area (Å²) in [4.78, 5) is 0. The van der Waals surface area contributed by atoms with E-state index < -0.39 is 0 Å². The normalized spacial score (nSPS) is 9.56. The maximum absolute atomic E-state index is 8.14. The first-order chi connectivity index (χ1) is 4.18. The zero-order chi connectivity index (χ0) is 7.70. The number of aliphatic hydroxyl groups excluding tert-OH is 1. The average Bonchev–Trinajstić information content (AvgIpc) is 1.89.